The summed E-state index contributed by atoms with van der Waals surface area (Å²) in [7, 11) is 1.44. The molecule has 1 aromatic rings. The number of aliphatic hydroxyl groups is 1. The van der Waals surface area contributed by atoms with Crippen LogP contribution < -0.4 is 5.32 Å². The van der Waals surface area contributed by atoms with Crippen molar-refractivity contribution in [3.05, 3.63) is 28.2 Å². The first-order valence-electron chi connectivity index (χ1n) is 4.78. The Bertz CT molecular complexity index is 456. The minimum atomic E-state index is -5.88. The molecule has 1 aromatic carbocycles. The maximum absolute atomic E-state index is 12.6. The fourth-order valence-corrected chi connectivity index (χ4v) is 2.01. The molecule has 0 unspecified atom stereocenters. The Balaban J connectivity index is 3.48. The van der Waals surface area contributed by atoms with Crippen molar-refractivity contribution in [3.8, 4) is 0 Å². The first kappa shape index (κ1) is 16.1. The monoisotopic (exact) mass is 351 g/mol. The van der Waals surface area contributed by atoms with Crippen LogP contribution in [0.1, 0.15) is 5.56 Å². The number of nitrogens with one attached hydrogen (secondary N) is 1. The Kier molecular flexibility index (Phi) is 4.12. The maximum Gasteiger partial charge on any atom is 0.430 e. The smallest absolute Gasteiger partial charge is 0.387 e. The quantitative estimate of drug-likeness (QED) is 0.794. The zero-order chi connectivity index (χ0) is 15.1. The Morgan fingerprint density at radius 2 is 1.53 bits per heavy atom. The van der Waals surface area contributed by atoms with Gasteiger partial charge in [-0.1, -0.05) is 6.07 Å². The van der Waals surface area contributed by atoms with Crippen molar-refractivity contribution in [3.63, 3.8) is 0 Å². The predicted molar refractivity (Wildman–Crippen MR) is 59.7 cm³/mol. The molecule has 0 spiro atoms. The van der Waals surface area contributed by atoms with Gasteiger partial charge >= 0.3 is 12.4 Å². The fraction of sp³-hybridized carbons (Fsp3) is 0.400. The van der Waals surface area contributed by atoms with Gasteiger partial charge in [0.2, 0.25) is 0 Å². The van der Waals surface area contributed by atoms with E-state index in [4.69, 9.17) is 5.11 Å². The Morgan fingerprint density at radius 1 is 1.05 bits per heavy atom. The molecular formula is C10H8BrF6NO. The van der Waals surface area contributed by atoms with Crippen molar-refractivity contribution in [1.82, 2.24) is 0 Å². The fourth-order valence-electron chi connectivity index (χ4n) is 1.43. The molecule has 0 atom stereocenters. The molecule has 0 aliphatic heterocycles. The van der Waals surface area contributed by atoms with Crippen LogP contribution in [0.5, 0.6) is 0 Å². The Hall–Kier alpha value is -0.960. The molecule has 0 amide bonds. The van der Waals surface area contributed by atoms with E-state index in [1.807, 2.05) is 0 Å². The minimum absolute atomic E-state index is 0.0283. The van der Waals surface area contributed by atoms with Gasteiger partial charge in [-0.05, 0) is 28.1 Å². The number of halogens is 7. The van der Waals surface area contributed by atoms with E-state index in [1.54, 1.807) is 0 Å². The number of benzene rings is 1. The summed E-state index contributed by atoms with van der Waals surface area (Å²) < 4.78 is 75.6. The van der Waals surface area contributed by atoms with E-state index < -0.39 is 23.5 Å². The highest BCUT2D eigenvalue weighted by atomic mass is 79.9. The van der Waals surface area contributed by atoms with Crippen LogP contribution >= 0.6 is 15.9 Å². The van der Waals surface area contributed by atoms with Crippen molar-refractivity contribution in [1.29, 1.82) is 0 Å². The molecule has 108 valence electrons. The van der Waals surface area contributed by atoms with Crippen LogP contribution in [0.25, 0.3) is 0 Å². The molecule has 9 heteroatoms. The van der Waals surface area contributed by atoms with Crippen LogP contribution in [-0.2, 0) is 5.60 Å². The summed E-state index contributed by atoms with van der Waals surface area (Å²) >= 11 is 2.82. The number of anilines is 1. The number of alkyl halides is 6. The standard InChI is InChI=1S/C10H8BrF6NO/c1-18-7-3-2-5(4-6(7)11)8(19,9(12,13)14)10(15,16)17/h2-4,18-19H,1H3. The van der Waals surface area contributed by atoms with Gasteiger partial charge < -0.3 is 10.4 Å². The Morgan fingerprint density at radius 3 is 1.84 bits per heavy atom. The largest absolute Gasteiger partial charge is 0.430 e. The highest BCUT2D eigenvalue weighted by Gasteiger charge is 2.71. The minimum Gasteiger partial charge on any atom is -0.387 e. The van der Waals surface area contributed by atoms with Gasteiger partial charge in [-0.25, -0.2) is 0 Å². The summed E-state index contributed by atoms with van der Waals surface area (Å²) in [6, 6.07) is 2.15. The summed E-state index contributed by atoms with van der Waals surface area (Å²) in [4.78, 5) is 0. The van der Waals surface area contributed by atoms with Gasteiger partial charge in [0.1, 0.15) is 0 Å². The molecule has 19 heavy (non-hydrogen) atoms. The van der Waals surface area contributed by atoms with Crippen molar-refractivity contribution < 1.29 is 31.4 Å². The molecule has 0 radical (unpaired) electrons. The average Bonchev–Trinajstić information content (AvgIpc) is 2.24. The molecule has 0 bridgehead atoms. The van der Waals surface area contributed by atoms with Crippen molar-refractivity contribution in [2.24, 2.45) is 0 Å². The maximum atomic E-state index is 12.6. The van der Waals surface area contributed by atoms with Gasteiger partial charge in [-0.2, -0.15) is 26.3 Å². The molecular weight excluding hydrogens is 344 g/mol. The van der Waals surface area contributed by atoms with E-state index in [2.05, 4.69) is 21.2 Å². The zero-order valence-corrected chi connectivity index (χ0v) is 10.9. The molecule has 0 fully saturated rings. The number of rotatable bonds is 2. The summed E-state index contributed by atoms with van der Waals surface area (Å²) in [5.74, 6) is 0. The second kappa shape index (κ2) is 4.86. The second-order valence-electron chi connectivity index (χ2n) is 3.65. The first-order chi connectivity index (χ1) is 8.45. The van der Waals surface area contributed by atoms with Gasteiger partial charge in [0, 0.05) is 22.8 Å². The molecule has 0 aliphatic carbocycles. The topological polar surface area (TPSA) is 32.3 Å². The van der Waals surface area contributed by atoms with Gasteiger partial charge in [0.05, 0.1) is 0 Å². The SMILES string of the molecule is CNc1ccc(C(O)(C(F)(F)F)C(F)(F)F)cc1Br. The lowest BCUT2D eigenvalue weighted by Crippen LogP contribution is -2.53. The van der Waals surface area contributed by atoms with Crippen LogP contribution in [0.3, 0.4) is 0 Å². The van der Waals surface area contributed by atoms with Crippen LogP contribution in [0.4, 0.5) is 32.0 Å². The summed E-state index contributed by atoms with van der Waals surface area (Å²) in [6.07, 6.45) is -11.8. The van der Waals surface area contributed by atoms with Crippen molar-refractivity contribution >= 4 is 21.6 Å². The molecule has 2 nitrogen and oxygen atoms in total. The number of hydrogen-bond donors (Lipinski definition) is 2. The highest BCUT2D eigenvalue weighted by molar-refractivity contribution is 9.10. The van der Waals surface area contributed by atoms with Crippen LogP contribution in [0.2, 0.25) is 0 Å². The van der Waals surface area contributed by atoms with E-state index in [0.29, 0.717) is 12.1 Å². The summed E-state index contributed by atoms with van der Waals surface area (Å²) in [5, 5.41) is 11.7. The van der Waals surface area contributed by atoms with E-state index in [0.717, 1.165) is 6.07 Å². The third-order valence-corrected chi connectivity index (χ3v) is 3.13. The van der Waals surface area contributed by atoms with Crippen LogP contribution in [-0.4, -0.2) is 24.5 Å². The highest BCUT2D eigenvalue weighted by Crippen LogP contribution is 2.50. The average molecular weight is 352 g/mol. The lowest BCUT2D eigenvalue weighted by atomic mass is 9.92. The van der Waals surface area contributed by atoms with Gasteiger partial charge in [-0.15, -0.1) is 0 Å². The van der Waals surface area contributed by atoms with E-state index >= 15 is 0 Å². The van der Waals surface area contributed by atoms with Crippen LogP contribution in [0.15, 0.2) is 22.7 Å². The normalized spacial score (nSPS) is 13.5. The van der Waals surface area contributed by atoms with Crippen molar-refractivity contribution in [2.75, 3.05) is 12.4 Å². The van der Waals surface area contributed by atoms with Crippen molar-refractivity contribution in [2.45, 2.75) is 18.0 Å². The van der Waals surface area contributed by atoms with Gasteiger partial charge in [-0.3, -0.25) is 0 Å². The van der Waals surface area contributed by atoms with E-state index in [9.17, 15) is 26.3 Å². The molecule has 0 saturated carbocycles. The lowest BCUT2D eigenvalue weighted by Gasteiger charge is -2.32. The van der Waals surface area contributed by atoms with E-state index in [-0.39, 0.29) is 10.2 Å². The molecule has 0 saturated heterocycles. The van der Waals surface area contributed by atoms with Crippen LogP contribution in [0, 0.1) is 0 Å². The Labute approximate surface area is 112 Å². The van der Waals surface area contributed by atoms with Gasteiger partial charge in [0.15, 0.2) is 0 Å². The van der Waals surface area contributed by atoms with Gasteiger partial charge in [0.25, 0.3) is 5.60 Å². The molecule has 0 aliphatic rings. The summed E-state index contributed by atoms with van der Waals surface area (Å²) in [5.41, 5.74) is -5.93. The molecule has 2 N–H and O–H groups in total. The second-order valence-corrected chi connectivity index (χ2v) is 4.50. The third kappa shape index (κ3) is 2.66. The summed E-state index contributed by atoms with van der Waals surface area (Å²) in [6.45, 7) is 0. The zero-order valence-electron chi connectivity index (χ0n) is 9.33. The third-order valence-electron chi connectivity index (χ3n) is 2.48. The van der Waals surface area contributed by atoms with E-state index in [1.165, 1.54) is 7.05 Å². The first-order valence-corrected chi connectivity index (χ1v) is 5.58. The predicted octanol–water partition coefficient (Wildman–Crippen LogP) is 3.80. The lowest BCUT2D eigenvalue weighted by molar-refractivity contribution is -0.376. The molecule has 0 heterocycles. The molecule has 1 rings (SSSR count). The molecule has 0 aromatic heterocycles. The number of hydrogen-bond acceptors (Lipinski definition) is 2.